The summed E-state index contributed by atoms with van der Waals surface area (Å²) in [5.74, 6) is -1.60. The summed E-state index contributed by atoms with van der Waals surface area (Å²) in [6.07, 6.45) is 0.848. The maximum atomic E-state index is 11.6. The Kier molecular flexibility index (Phi) is 2.88. The van der Waals surface area contributed by atoms with E-state index in [0.29, 0.717) is 12.7 Å². The lowest BCUT2D eigenvalue weighted by molar-refractivity contribution is -0.149. The van der Waals surface area contributed by atoms with Crippen molar-refractivity contribution >= 4 is 36.3 Å². The number of nitrogens with zero attached hydrogens (tertiary/aromatic N) is 1. The molecule has 7 nitrogen and oxygen atoms in total. The molecule has 2 atom stereocenters. The highest BCUT2D eigenvalue weighted by Crippen LogP contribution is 2.39. The minimum Gasteiger partial charge on any atom is -0.477 e. The van der Waals surface area contributed by atoms with E-state index < -0.39 is 23.3 Å². The molecule has 2 rings (SSSR count). The Morgan fingerprint density at radius 2 is 2.24 bits per heavy atom. The Morgan fingerprint density at radius 1 is 1.53 bits per heavy atom. The number of hydrogen-bond acceptors (Lipinski definition) is 5. The third-order valence-corrected chi connectivity index (χ3v) is 3.89. The van der Waals surface area contributed by atoms with Crippen molar-refractivity contribution in [2.24, 2.45) is 0 Å². The van der Waals surface area contributed by atoms with Gasteiger partial charge >= 0.3 is 5.97 Å². The summed E-state index contributed by atoms with van der Waals surface area (Å²) >= 11 is 1.25. The zero-order chi connectivity index (χ0) is 12.6. The first-order valence-corrected chi connectivity index (χ1v) is 5.72. The monoisotopic (exact) mass is 256 g/mol. The number of carboxylic acid groups (broad SMARTS) is 1. The molecule has 0 radical (unpaired) electrons. The van der Waals surface area contributed by atoms with Crippen LogP contribution in [-0.2, 0) is 19.2 Å². The highest BCUT2D eigenvalue weighted by Gasteiger charge is 2.53. The van der Waals surface area contributed by atoms with Crippen molar-refractivity contribution in [1.82, 2.24) is 10.2 Å². The standard InChI is InChI=1S/C9H8N2O5S/c12-1-4-2-17-8-5(10-3-13)7(14)11(8)6(4)9(15)16/h1,3,5,8H,2H2,(H,10,13)(H,15,16)/t5?,8-/m0/s1. The molecule has 0 aromatic rings. The highest BCUT2D eigenvalue weighted by atomic mass is 32.2. The molecular formula is C9H8N2O5S. The van der Waals surface area contributed by atoms with Crippen LogP contribution >= 0.6 is 11.8 Å². The number of carbonyl (C=O) groups excluding carboxylic acids is 3. The fourth-order valence-electron chi connectivity index (χ4n) is 1.83. The van der Waals surface area contributed by atoms with Gasteiger partial charge in [-0.2, -0.15) is 0 Å². The minimum absolute atomic E-state index is 0.0802. The van der Waals surface area contributed by atoms with E-state index in [9.17, 15) is 19.2 Å². The van der Waals surface area contributed by atoms with E-state index >= 15 is 0 Å². The quantitative estimate of drug-likeness (QED) is 0.471. The molecule has 8 heteroatoms. The Bertz CT molecular complexity index is 447. The number of amides is 2. The maximum absolute atomic E-state index is 11.6. The van der Waals surface area contributed by atoms with Crippen LogP contribution in [0.1, 0.15) is 0 Å². The molecule has 0 spiro atoms. The van der Waals surface area contributed by atoms with Crippen LogP contribution in [0.25, 0.3) is 0 Å². The summed E-state index contributed by atoms with van der Waals surface area (Å²) in [5, 5.41) is 10.9. The fraction of sp³-hybridized carbons (Fsp3) is 0.333. The fourth-order valence-corrected chi connectivity index (χ4v) is 3.13. The van der Waals surface area contributed by atoms with Crippen molar-refractivity contribution in [3.8, 4) is 0 Å². The van der Waals surface area contributed by atoms with Gasteiger partial charge in [-0.15, -0.1) is 11.8 Å². The number of aliphatic carboxylic acids is 1. The smallest absolute Gasteiger partial charge is 0.353 e. The van der Waals surface area contributed by atoms with E-state index in [1.807, 2.05) is 0 Å². The summed E-state index contributed by atoms with van der Waals surface area (Å²) in [6, 6.07) is -0.708. The second kappa shape index (κ2) is 4.21. The maximum Gasteiger partial charge on any atom is 0.353 e. The molecule has 90 valence electrons. The molecule has 0 saturated carbocycles. The number of carboxylic acids is 1. The summed E-state index contributed by atoms with van der Waals surface area (Å²) < 4.78 is 0. The van der Waals surface area contributed by atoms with Crippen LogP contribution in [0.15, 0.2) is 11.3 Å². The largest absolute Gasteiger partial charge is 0.477 e. The van der Waals surface area contributed by atoms with E-state index in [1.165, 1.54) is 11.8 Å². The Hall–Kier alpha value is -1.83. The van der Waals surface area contributed by atoms with Crippen LogP contribution in [0, 0.1) is 0 Å². The second-order valence-electron chi connectivity index (χ2n) is 3.47. The van der Waals surface area contributed by atoms with Gasteiger partial charge in [0.15, 0.2) is 0 Å². The van der Waals surface area contributed by atoms with Gasteiger partial charge in [0.2, 0.25) is 6.41 Å². The highest BCUT2D eigenvalue weighted by molar-refractivity contribution is 8.00. The molecule has 0 aromatic heterocycles. The number of rotatable bonds is 4. The first kappa shape index (κ1) is 11.6. The number of aldehydes is 1. The van der Waals surface area contributed by atoms with Gasteiger partial charge in [0.1, 0.15) is 23.4 Å². The zero-order valence-corrected chi connectivity index (χ0v) is 9.27. The van der Waals surface area contributed by atoms with Gasteiger partial charge in [-0.3, -0.25) is 19.3 Å². The van der Waals surface area contributed by atoms with E-state index in [-0.39, 0.29) is 17.0 Å². The molecule has 0 aromatic carbocycles. The molecule has 2 N–H and O–H groups in total. The van der Waals surface area contributed by atoms with Crippen molar-refractivity contribution < 1.29 is 24.3 Å². The van der Waals surface area contributed by atoms with Gasteiger partial charge < -0.3 is 10.4 Å². The van der Waals surface area contributed by atoms with E-state index in [2.05, 4.69) is 5.32 Å². The third kappa shape index (κ3) is 1.60. The topological polar surface area (TPSA) is 104 Å². The van der Waals surface area contributed by atoms with Gasteiger partial charge in [-0.25, -0.2) is 4.79 Å². The third-order valence-electron chi connectivity index (χ3n) is 2.59. The van der Waals surface area contributed by atoms with Gasteiger partial charge in [0, 0.05) is 11.3 Å². The molecular weight excluding hydrogens is 248 g/mol. The van der Waals surface area contributed by atoms with Crippen molar-refractivity contribution in [3.63, 3.8) is 0 Å². The number of carbonyl (C=O) groups is 4. The van der Waals surface area contributed by atoms with Crippen molar-refractivity contribution in [1.29, 1.82) is 0 Å². The molecule has 2 amide bonds. The number of thioether (sulfide) groups is 1. The van der Waals surface area contributed by atoms with Crippen LogP contribution < -0.4 is 5.32 Å². The summed E-state index contributed by atoms with van der Waals surface area (Å²) in [7, 11) is 0. The Morgan fingerprint density at radius 3 is 2.76 bits per heavy atom. The zero-order valence-electron chi connectivity index (χ0n) is 8.45. The lowest BCUT2D eigenvalue weighted by Gasteiger charge is -2.48. The number of nitrogens with one attached hydrogen (secondary N) is 1. The average Bonchev–Trinajstić information content (AvgIpc) is 2.33. The first-order valence-electron chi connectivity index (χ1n) is 4.67. The summed E-state index contributed by atoms with van der Waals surface area (Å²) in [4.78, 5) is 44.7. The lowest BCUT2D eigenvalue weighted by atomic mass is 10.0. The number of β-lactam (4-membered cyclic amide) rings is 1. The van der Waals surface area contributed by atoms with E-state index in [1.54, 1.807) is 0 Å². The summed E-state index contributed by atoms with van der Waals surface area (Å²) in [6.45, 7) is 0. The first-order chi connectivity index (χ1) is 8.11. The van der Waals surface area contributed by atoms with Crippen molar-refractivity contribution in [3.05, 3.63) is 11.3 Å². The van der Waals surface area contributed by atoms with E-state index in [4.69, 9.17) is 5.11 Å². The van der Waals surface area contributed by atoms with Gasteiger partial charge in [-0.05, 0) is 0 Å². The lowest BCUT2D eigenvalue weighted by Crippen LogP contribution is -2.69. The molecule has 17 heavy (non-hydrogen) atoms. The predicted octanol–water partition coefficient (Wildman–Crippen LogP) is -1.45. The van der Waals surface area contributed by atoms with Gasteiger partial charge in [-0.1, -0.05) is 0 Å². The SMILES string of the molecule is O=CNC1C(=O)N2C(C(=O)O)=C(C=O)CS[C@@H]12. The minimum atomic E-state index is -1.31. The predicted molar refractivity (Wildman–Crippen MR) is 56.8 cm³/mol. The Balaban J connectivity index is 2.32. The van der Waals surface area contributed by atoms with Crippen LogP contribution in [0.2, 0.25) is 0 Å². The normalized spacial score (nSPS) is 27.1. The van der Waals surface area contributed by atoms with Crippen LogP contribution in [0.5, 0.6) is 0 Å². The second-order valence-corrected chi connectivity index (χ2v) is 4.57. The average molecular weight is 256 g/mol. The van der Waals surface area contributed by atoms with Crippen LogP contribution in [0.4, 0.5) is 0 Å². The van der Waals surface area contributed by atoms with Crippen molar-refractivity contribution in [2.75, 3.05) is 5.75 Å². The molecule has 2 aliphatic rings. The molecule has 0 bridgehead atoms. The molecule has 2 aliphatic heterocycles. The van der Waals surface area contributed by atoms with Crippen LogP contribution in [-0.4, -0.2) is 51.7 Å². The summed E-state index contributed by atoms with van der Waals surface area (Å²) in [5.41, 5.74) is -0.200. The van der Waals surface area contributed by atoms with Gasteiger partial charge in [0.25, 0.3) is 5.91 Å². The van der Waals surface area contributed by atoms with E-state index in [0.717, 1.165) is 4.90 Å². The number of hydrogen-bond donors (Lipinski definition) is 2. The molecule has 1 fully saturated rings. The Labute approximate surface area is 99.8 Å². The molecule has 0 aliphatic carbocycles. The molecule has 2 heterocycles. The van der Waals surface area contributed by atoms with Crippen molar-refractivity contribution in [2.45, 2.75) is 11.4 Å². The number of fused-ring (bicyclic) bond motifs is 1. The van der Waals surface area contributed by atoms with Crippen LogP contribution in [0.3, 0.4) is 0 Å². The van der Waals surface area contributed by atoms with Gasteiger partial charge in [0.05, 0.1) is 0 Å². The molecule has 1 unspecified atom stereocenters. The molecule has 1 saturated heterocycles.